The van der Waals surface area contributed by atoms with E-state index in [-0.39, 0.29) is 5.92 Å². The highest BCUT2D eigenvalue weighted by Gasteiger charge is 2.60. The Hall–Kier alpha value is -4.00. The lowest BCUT2D eigenvalue weighted by molar-refractivity contribution is -0.137. The van der Waals surface area contributed by atoms with Crippen LogP contribution in [-0.2, 0) is 11.6 Å². The predicted molar refractivity (Wildman–Crippen MR) is 171 cm³/mol. The van der Waals surface area contributed by atoms with Crippen LogP contribution in [0.4, 0.5) is 30.2 Å². The van der Waals surface area contributed by atoms with Crippen LogP contribution in [0.2, 0.25) is 0 Å². The maximum absolute atomic E-state index is 13.8. The third-order valence-electron chi connectivity index (χ3n) is 9.05. The van der Waals surface area contributed by atoms with E-state index in [1.165, 1.54) is 17.8 Å². The number of nitrogens with zero attached hydrogens (tertiary/aromatic N) is 3. The maximum Gasteiger partial charge on any atom is 0.416 e. The summed E-state index contributed by atoms with van der Waals surface area (Å²) in [6.07, 6.45) is -2.62. The molecule has 6 rings (SSSR count). The van der Waals surface area contributed by atoms with E-state index >= 15 is 0 Å². The standard InChI is InChI=1S/C36H38F3N3O/c1-7-41(8-2)26-16-13-24(14-17-26)29-20-31-33(28-12-10-9-11-27(28)29)43-35(22-40-31)34(5,6)30-19-25(36(37,38)39)15-18-32(30)42(35)21-23(3)4/h9-20,22-23H,7-8,21H2,1-6H3. The molecule has 2 heterocycles. The van der Waals surface area contributed by atoms with Gasteiger partial charge >= 0.3 is 6.18 Å². The van der Waals surface area contributed by atoms with Crippen LogP contribution in [-0.4, -0.2) is 31.6 Å². The van der Waals surface area contributed by atoms with Gasteiger partial charge in [0.1, 0.15) is 5.69 Å². The van der Waals surface area contributed by atoms with Crippen molar-refractivity contribution in [3.05, 3.63) is 83.9 Å². The van der Waals surface area contributed by atoms with Crippen molar-refractivity contribution in [2.45, 2.75) is 58.9 Å². The Kier molecular flexibility index (Phi) is 6.98. The molecule has 0 saturated heterocycles. The van der Waals surface area contributed by atoms with E-state index in [4.69, 9.17) is 9.73 Å². The number of alkyl halides is 3. The molecule has 4 nitrogen and oxygen atoms in total. The summed E-state index contributed by atoms with van der Waals surface area (Å²) < 4.78 is 48.6. The third kappa shape index (κ3) is 4.55. The number of halogens is 3. The molecule has 1 atom stereocenters. The van der Waals surface area contributed by atoms with Gasteiger partial charge in [0, 0.05) is 36.4 Å². The molecular formula is C36H38F3N3O. The van der Waals surface area contributed by atoms with Crippen molar-refractivity contribution in [2.75, 3.05) is 29.4 Å². The second-order valence-corrected chi connectivity index (χ2v) is 12.5. The highest BCUT2D eigenvalue weighted by Crippen LogP contribution is 2.56. The Morgan fingerprint density at radius 2 is 1.58 bits per heavy atom. The molecule has 0 fully saturated rings. The first-order valence-electron chi connectivity index (χ1n) is 15.1. The normalized spacial score (nSPS) is 18.7. The van der Waals surface area contributed by atoms with Crippen molar-refractivity contribution in [3.8, 4) is 16.9 Å². The maximum atomic E-state index is 13.8. The molecule has 4 aromatic rings. The summed E-state index contributed by atoms with van der Waals surface area (Å²) >= 11 is 0. The lowest BCUT2D eigenvalue weighted by Gasteiger charge is -2.47. The van der Waals surface area contributed by atoms with E-state index in [9.17, 15) is 13.2 Å². The van der Waals surface area contributed by atoms with Gasteiger partial charge in [0.2, 0.25) is 5.72 Å². The van der Waals surface area contributed by atoms with Gasteiger partial charge in [-0.15, -0.1) is 0 Å². The Balaban J connectivity index is 1.50. The zero-order chi connectivity index (χ0) is 30.7. The molecule has 0 aliphatic carbocycles. The van der Waals surface area contributed by atoms with E-state index in [1.54, 1.807) is 6.07 Å². The van der Waals surface area contributed by atoms with Crippen LogP contribution in [0.3, 0.4) is 0 Å². The van der Waals surface area contributed by atoms with Crippen LogP contribution < -0.4 is 14.5 Å². The molecule has 0 bridgehead atoms. The summed E-state index contributed by atoms with van der Waals surface area (Å²) in [5, 5.41) is 1.96. The van der Waals surface area contributed by atoms with Crippen molar-refractivity contribution in [1.82, 2.24) is 0 Å². The minimum atomic E-state index is -4.44. The van der Waals surface area contributed by atoms with Crippen LogP contribution in [0.15, 0.2) is 77.8 Å². The Morgan fingerprint density at radius 1 is 0.907 bits per heavy atom. The highest BCUT2D eigenvalue weighted by molar-refractivity contribution is 6.05. The molecule has 0 aromatic heterocycles. The number of benzene rings is 4. The fraction of sp³-hybridized carbons (Fsp3) is 0.361. The average molecular weight is 586 g/mol. The topological polar surface area (TPSA) is 28.1 Å². The quantitative estimate of drug-likeness (QED) is 0.226. The minimum absolute atomic E-state index is 0.234. The van der Waals surface area contributed by atoms with Gasteiger partial charge in [0.05, 0.1) is 17.2 Å². The first-order valence-corrected chi connectivity index (χ1v) is 15.1. The van der Waals surface area contributed by atoms with Gasteiger partial charge in [-0.1, -0.05) is 50.2 Å². The van der Waals surface area contributed by atoms with E-state index in [0.717, 1.165) is 40.7 Å². The number of anilines is 2. The molecule has 4 aromatic carbocycles. The van der Waals surface area contributed by atoms with Gasteiger partial charge in [-0.25, -0.2) is 0 Å². The van der Waals surface area contributed by atoms with Crippen LogP contribution in [0.5, 0.6) is 5.75 Å². The Morgan fingerprint density at radius 3 is 2.21 bits per heavy atom. The molecule has 224 valence electrons. The van der Waals surface area contributed by atoms with Crippen molar-refractivity contribution in [1.29, 1.82) is 0 Å². The van der Waals surface area contributed by atoms with E-state index < -0.39 is 22.9 Å². The molecule has 43 heavy (non-hydrogen) atoms. The van der Waals surface area contributed by atoms with Gasteiger partial charge in [0.15, 0.2) is 5.75 Å². The van der Waals surface area contributed by atoms with Crippen LogP contribution in [0.1, 0.15) is 52.7 Å². The number of hydrogen-bond acceptors (Lipinski definition) is 4. The molecule has 0 N–H and O–H groups in total. The number of ether oxygens (including phenoxy) is 1. The first-order chi connectivity index (χ1) is 20.4. The molecule has 2 aliphatic heterocycles. The molecule has 7 heteroatoms. The Labute approximate surface area is 251 Å². The van der Waals surface area contributed by atoms with Gasteiger partial charge < -0.3 is 14.5 Å². The monoisotopic (exact) mass is 585 g/mol. The smallest absolute Gasteiger partial charge is 0.416 e. The first kappa shape index (κ1) is 29.1. The lowest BCUT2D eigenvalue weighted by atomic mass is 9.77. The van der Waals surface area contributed by atoms with Gasteiger partial charge in [0.25, 0.3) is 0 Å². The van der Waals surface area contributed by atoms with Crippen molar-refractivity contribution in [3.63, 3.8) is 0 Å². The summed E-state index contributed by atoms with van der Waals surface area (Å²) in [5.41, 5.74) is 2.78. The molecule has 0 radical (unpaired) electrons. The summed E-state index contributed by atoms with van der Waals surface area (Å²) in [5.74, 6) is 0.880. The average Bonchev–Trinajstić information content (AvgIpc) is 3.15. The van der Waals surface area contributed by atoms with Gasteiger partial charge in [-0.2, -0.15) is 13.2 Å². The Bertz CT molecular complexity index is 1700. The molecular weight excluding hydrogens is 547 g/mol. The summed E-state index contributed by atoms with van der Waals surface area (Å²) in [4.78, 5) is 9.44. The van der Waals surface area contributed by atoms with Crippen molar-refractivity contribution < 1.29 is 17.9 Å². The molecule has 2 aliphatic rings. The van der Waals surface area contributed by atoms with E-state index in [1.807, 2.05) is 38.3 Å². The minimum Gasteiger partial charge on any atom is -0.459 e. The lowest BCUT2D eigenvalue weighted by Crippen LogP contribution is -2.62. The fourth-order valence-electron chi connectivity index (χ4n) is 6.73. The van der Waals surface area contributed by atoms with E-state index in [0.29, 0.717) is 23.5 Å². The number of fused-ring (bicyclic) bond motifs is 4. The summed E-state index contributed by atoms with van der Waals surface area (Å²) in [6.45, 7) is 14.9. The molecule has 1 spiro atoms. The van der Waals surface area contributed by atoms with E-state index in [2.05, 4.69) is 73.9 Å². The van der Waals surface area contributed by atoms with Crippen LogP contribution >= 0.6 is 0 Å². The van der Waals surface area contributed by atoms with Crippen molar-refractivity contribution >= 4 is 34.0 Å². The number of hydrogen-bond donors (Lipinski definition) is 0. The van der Waals surface area contributed by atoms with Crippen LogP contribution in [0.25, 0.3) is 21.9 Å². The zero-order valence-corrected chi connectivity index (χ0v) is 25.6. The van der Waals surface area contributed by atoms with Gasteiger partial charge in [-0.05, 0) is 92.1 Å². The predicted octanol–water partition coefficient (Wildman–Crippen LogP) is 9.62. The zero-order valence-electron chi connectivity index (χ0n) is 25.6. The third-order valence-corrected chi connectivity index (χ3v) is 9.05. The SMILES string of the molecule is CCN(CC)c1ccc(-c2cc3c(c4ccccc24)OC2(C=N3)N(CC(C)C)c3ccc(C(F)(F)F)cc3C2(C)C)cc1. The fourth-order valence-corrected chi connectivity index (χ4v) is 6.73. The number of rotatable bonds is 6. The van der Waals surface area contributed by atoms with Crippen LogP contribution in [0, 0.1) is 5.92 Å². The molecule has 1 unspecified atom stereocenters. The highest BCUT2D eigenvalue weighted by atomic mass is 19.4. The molecule has 0 amide bonds. The number of aliphatic imine (C=N–C) groups is 1. The second-order valence-electron chi connectivity index (χ2n) is 12.5. The van der Waals surface area contributed by atoms with Gasteiger partial charge in [-0.3, -0.25) is 4.99 Å². The summed E-state index contributed by atoms with van der Waals surface area (Å²) in [6, 6.07) is 22.9. The summed E-state index contributed by atoms with van der Waals surface area (Å²) in [7, 11) is 0. The van der Waals surface area contributed by atoms with Crippen molar-refractivity contribution in [2.24, 2.45) is 10.9 Å². The largest absolute Gasteiger partial charge is 0.459 e. The molecule has 0 saturated carbocycles. The second kappa shape index (κ2) is 10.3.